The average Bonchev–Trinajstić information content (AvgIpc) is 2.25. The Bertz CT molecular complexity index is 373. The molecule has 0 saturated carbocycles. The van der Waals surface area contributed by atoms with Crippen molar-refractivity contribution in [1.82, 2.24) is 5.32 Å². The van der Waals surface area contributed by atoms with Gasteiger partial charge in [0.15, 0.2) is 0 Å². The Labute approximate surface area is 111 Å². The number of unbranched alkanes of at least 4 members (excludes halogenated alkanes) is 1. The third-order valence-corrected chi connectivity index (χ3v) is 2.72. The number of hydrogen-bond donors (Lipinski definition) is 1. The molecule has 1 rings (SSSR count). The summed E-state index contributed by atoms with van der Waals surface area (Å²) in [7, 11) is 0. The summed E-state index contributed by atoms with van der Waals surface area (Å²) in [6.07, 6.45) is 4.04. The van der Waals surface area contributed by atoms with E-state index in [1.807, 2.05) is 20.8 Å². The van der Waals surface area contributed by atoms with Crippen molar-refractivity contribution >= 4 is 5.91 Å². The summed E-state index contributed by atoms with van der Waals surface area (Å²) < 4.78 is 0. The summed E-state index contributed by atoms with van der Waals surface area (Å²) in [5.74, 6) is 0.0869. The number of aryl methyl sites for hydroxylation is 1. The molecule has 0 bridgehead atoms. The molecule has 2 heteroatoms. The van der Waals surface area contributed by atoms with Crippen LogP contribution in [0.3, 0.4) is 0 Å². The minimum Gasteiger partial charge on any atom is -0.351 e. The van der Waals surface area contributed by atoms with Crippen LogP contribution in [0.25, 0.3) is 0 Å². The Kier molecular flexibility index (Phi) is 5.39. The Morgan fingerprint density at radius 2 is 1.67 bits per heavy atom. The van der Waals surface area contributed by atoms with Crippen LogP contribution in [0.15, 0.2) is 24.3 Å². The lowest BCUT2D eigenvalue weighted by Gasteiger charge is -2.20. The predicted molar refractivity (Wildman–Crippen MR) is 76.7 cm³/mol. The van der Waals surface area contributed by atoms with E-state index in [-0.39, 0.29) is 11.4 Å². The maximum Gasteiger partial charge on any atom is 0.224 e. The fraction of sp³-hybridized carbons (Fsp3) is 0.562. The second kappa shape index (κ2) is 6.58. The number of rotatable bonds is 5. The fourth-order valence-corrected chi connectivity index (χ4v) is 1.85. The number of nitrogens with one attached hydrogen (secondary N) is 1. The standard InChI is InChI=1S/C16H25NO/c1-5-6-7-13-8-10-14(11-9-13)12-15(18)17-16(2,3)4/h8-11H,5-7,12H2,1-4H3,(H,17,18). The van der Waals surface area contributed by atoms with Crippen LogP contribution in [0.5, 0.6) is 0 Å². The molecule has 0 aliphatic heterocycles. The van der Waals surface area contributed by atoms with E-state index in [0.717, 1.165) is 12.0 Å². The molecule has 0 unspecified atom stereocenters. The Balaban J connectivity index is 2.50. The zero-order chi connectivity index (χ0) is 13.6. The van der Waals surface area contributed by atoms with Gasteiger partial charge in [0.1, 0.15) is 0 Å². The smallest absolute Gasteiger partial charge is 0.224 e. The maximum atomic E-state index is 11.8. The van der Waals surface area contributed by atoms with Crippen LogP contribution < -0.4 is 5.32 Å². The molecule has 100 valence electrons. The van der Waals surface area contributed by atoms with Gasteiger partial charge in [-0.05, 0) is 44.7 Å². The van der Waals surface area contributed by atoms with Crippen molar-refractivity contribution in [2.24, 2.45) is 0 Å². The Morgan fingerprint density at radius 1 is 1.11 bits per heavy atom. The fourth-order valence-electron chi connectivity index (χ4n) is 1.85. The number of benzene rings is 1. The number of carbonyl (C=O) groups excluding carboxylic acids is 1. The molecule has 0 aliphatic rings. The van der Waals surface area contributed by atoms with E-state index in [2.05, 4.69) is 36.5 Å². The minimum absolute atomic E-state index is 0.0869. The molecule has 1 N–H and O–H groups in total. The summed E-state index contributed by atoms with van der Waals surface area (Å²) in [5.41, 5.74) is 2.28. The molecular formula is C16H25NO. The van der Waals surface area contributed by atoms with Crippen LogP contribution in [0, 0.1) is 0 Å². The molecule has 0 heterocycles. The predicted octanol–water partition coefficient (Wildman–Crippen LogP) is 3.49. The van der Waals surface area contributed by atoms with E-state index in [1.165, 1.54) is 18.4 Å². The molecule has 0 saturated heterocycles. The number of hydrogen-bond acceptors (Lipinski definition) is 1. The van der Waals surface area contributed by atoms with Crippen molar-refractivity contribution in [2.75, 3.05) is 0 Å². The van der Waals surface area contributed by atoms with Crippen LogP contribution in [0.4, 0.5) is 0 Å². The zero-order valence-electron chi connectivity index (χ0n) is 12.0. The van der Waals surface area contributed by atoms with Crippen molar-refractivity contribution < 1.29 is 4.79 Å². The lowest BCUT2D eigenvalue weighted by Crippen LogP contribution is -2.41. The van der Waals surface area contributed by atoms with E-state index in [9.17, 15) is 4.79 Å². The summed E-state index contributed by atoms with van der Waals surface area (Å²) in [6, 6.07) is 8.39. The molecular weight excluding hydrogens is 222 g/mol. The molecule has 0 aromatic heterocycles. The first-order chi connectivity index (χ1) is 8.40. The lowest BCUT2D eigenvalue weighted by atomic mass is 10.0. The normalized spacial score (nSPS) is 11.3. The van der Waals surface area contributed by atoms with Gasteiger partial charge in [0.2, 0.25) is 5.91 Å². The van der Waals surface area contributed by atoms with E-state index in [4.69, 9.17) is 0 Å². The first-order valence-corrected chi connectivity index (χ1v) is 6.79. The quantitative estimate of drug-likeness (QED) is 0.848. The van der Waals surface area contributed by atoms with Crippen LogP contribution in [0.2, 0.25) is 0 Å². The Morgan fingerprint density at radius 3 is 2.17 bits per heavy atom. The second-order valence-corrected chi connectivity index (χ2v) is 5.90. The second-order valence-electron chi connectivity index (χ2n) is 5.90. The summed E-state index contributed by atoms with van der Waals surface area (Å²) in [5, 5.41) is 2.98. The van der Waals surface area contributed by atoms with E-state index < -0.39 is 0 Å². The topological polar surface area (TPSA) is 29.1 Å². The molecule has 18 heavy (non-hydrogen) atoms. The van der Waals surface area contributed by atoms with Crippen molar-refractivity contribution in [3.05, 3.63) is 35.4 Å². The first-order valence-electron chi connectivity index (χ1n) is 6.79. The summed E-state index contributed by atoms with van der Waals surface area (Å²) >= 11 is 0. The maximum absolute atomic E-state index is 11.8. The average molecular weight is 247 g/mol. The summed E-state index contributed by atoms with van der Waals surface area (Å²) in [4.78, 5) is 11.8. The highest BCUT2D eigenvalue weighted by atomic mass is 16.1. The van der Waals surface area contributed by atoms with Gasteiger partial charge in [-0.2, -0.15) is 0 Å². The molecule has 1 aromatic rings. The van der Waals surface area contributed by atoms with Gasteiger partial charge in [-0.15, -0.1) is 0 Å². The van der Waals surface area contributed by atoms with E-state index in [0.29, 0.717) is 6.42 Å². The molecule has 0 atom stereocenters. The van der Waals surface area contributed by atoms with Gasteiger partial charge < -0.3 is 5.32 Å². The van der Waals surface area contributed by atoms with Gasteiger partial charge in [-0.3, -0.25) is 4.79 Å². The van der Waals surface area contributed by atoms with Crippen molar-refractivity contribution in [1.29, 1.82) is 0 Å². The highest BCUT2D eigenvalue weighted by Gasteiger charge is 2.13. The van der Waals surface area contributed by atoms with Crippen LogP contribution in [-0.2, 0) is 17.6 Å². The molecule has 1 aromatic carbocycles. The summed E-state index contributed by atoms with van der Waals surface area (Å²) in [6.45, 7) is 8.20. The monoisotopic (exact) mass is 247 g/mol. The van der Waals surface area contributed by atoms with Gasteiger partial charge >= 0.3 is 0 Å². The highest BCUT2D eigenvalue weighted by molar-refractivity contribution is 5.79. The van der Waals surface area contributed by atoms with Gasteiger partial charge in [0.05, 0.1) is 6.42 Å². The largest absolute Gasteiger partial charge is 0.351 e. The van der Waals surface area contributed by atoms with Gasteiger partial charge in [-0.25, -0.2) is 0 Å². The Hall–Kier alpha value is -1.31. The molecule has 0 spiro atoms. The molecule has 2 nitrogen and oxygen atoms in total. The molecule has 0 radical (unpaired) electrons. The highest BCUT2D eigenvalue weighted by Crippen LogP contribution is 2.09. The third-order valence-electron chi connectivity index (χ3n) is 2.72. The molecule has 0 aliphatic carbocycles. The number of amides is 1. The van der Waals surface area contributed by atoms with Crippen molar-refractivity contribution in [2.45, 2.75) is 58.9 Å². The number of carbonyl (C=O) groups is 1. The first kappa shape index (κ1) is 14.7. The van der Waals surface area contributed by atoms with Crippen molar-refractivity contribution in [3.63, 3.8) is 0 Å². The lowest BCUT2D eigenvalue weighted by molar-refractivity contribution is -0.121. The third kappa shape index (κ3) is 5.85. The SMILES string of the molecule is CCCCc1ccc(CC(=O)NC(C)(C)C)cc1. The zero-order valence-corrected chi connectivity index (χ0v) is 12.0. The van der Waals surface area contributed by atoms with Crippen LogP contribution in [-0.4, -0.2) is 11.4 Å². The molecule has 1 amide bonds. The van der Waals surface area contributed by atoms with Gasteiger partial charge in [-0.1, -0.05) is 37.6 Å². The minimum atomic E-state index is -0.155. The van der Waals surface area contributed by atoms with Gasteiger partial charge in [0, 0.05) is 5.54 Å². The van der Waals surface area contributed by atoms with Crippen LogP contribution >= 0.6 is 0 Å². The van der Waals surface area contributed by atoms with Crippen LogP contribution in [0.1, 0.15) is 51.7 Å². The van der Waals surface area contributed by atoms with Gasteiger partial charge in [0.25, 0.3) is 0 Å². The van der Waals surface area contributed by atoms with E-state index >= 15 is 0 Å². The van der Waals surface area contributed by atoms with Crippen molar-refractivity contribution in [3.8, 4) is 0 Å². The molecule has 0 fully saturated rings. The van der Waals surface area contributed by atoms with E-state index in [1.54, 1.807) is 0 Å².